The van der Waals surface area contributed by atoms with E-state index in [4.69, 9.17) is 9.47 Å². The molecule has 2 aliphatic heterocycles. The van der Waals surface area contributed by atoms with Gasteiger partial charge in [0.25, 0.3) is 5.91 Å². The molecular weight excluding hydrogens is 410 g/mol. The number of benzene rings is 2. The van der Waals surface area contributed by atoms with E-state index in [1.54, 1.807) is 7.11 Å². The topological polar surface area (TPSA) is 54.4 Å². The zero-order chi connectivity index (χ0) is 21.6. The molecule has 0 unspecified atom stereocenters. The van der Waals surface area contributed by atoms with Crippen LogP contribution in [0.2, 0.25) is 0 Å². The van der Waals surface area contributed by atoms with Crippen LogP contribution in [0, 0.1) is 0 Å². The maximum absolute atomic E-state index is 12.5. The summed E-state index contributed by atoms with van der Waals surface area (Å²) in [5.41, 5.74) is 2.22. The zero-order valence-electron chi connectivity index (χ0n) is 17.9. The molecule has 0 saturated carbocycles. The minimum atomic E-state index is -0.181. The normalized spacial score (nSPS) is 18.4. The minimum Gasteiger partial charge on any atom is -0.493 e. The largest absolute Gasteiger partial charge is 0.493 e. The Kier molecular flexibility index (Phi) is 6.94. The number of thioether (sulfide) groups is 1. The Morgan fingerprint density at radius 2 is 1.84 bits per heavy atom. The first-order chi connectivity index (χ1) is 15.2. The highest BCUT2D eigenvalue weighted by molar-refractivity contribution is 8.18. The lowest BCUT2D eigenvalue weighted by atomic mass is 10.2. The fourth-order valence-electron chi connectivity index (χ4n) is 3.67. The lowest BCUT2D eigenvalue weighted by Gasteiger charge is -2.35. The summed E-state index contributed by atoms with van der Waals surface area (Å²) in [5, 5.41) is 0.800. The number of nitrogens with zero attached hydrogens (tertiary/aromatic N) is 3. The Hall–Kier alpha value is -2.77. The Morgan fingerprint density at radius 3 is 2.55 bits per heavy atom. The van der Waals surface area contributed by atoms with E-state index in [1.807, 2.05) is 37.3 Å². The van der Waals surface area contributed by atoms with Crippen LogP contribution in [0.15, 0.2) is 58.4 Å². The summed E-state index contributed by atoms with van der Waals surface area (Å²) in [4.78, 5) is 22.1. The number of ether oxygens (including phenoxy) is 2. The van der Waals surface area contributed by atoms with Crippen LogP contribution < -0.4 is 9.47 Å². The van der Waals surface area contributed by atoms with Gasteiger partial charge in [-0.3, -0.25) is 9.69 Å². The van der Waals surface area contributed by atoms with Gasteiger partial charge in [-0.2, -0.15) is 4.99 Å². The van der Waals surface area contributed by atoms with E-state index in [0.717, 1.165) is 43.5 Å². The van der Waals surface area contributed by atoms with Crippen LogP contribution in [0.25, 0.3) is 6.08 Å². The van der Waals surface area contributed by atoms with Crippen molar-refractivity contribution in [2.75, 3.05) is 39.9 Å². The quantitative estimate of drug-likeness (QED) is 0.640. The molecule has 6 nitrogen and oxygen atoms in total. The molecule has 0 radical (unpaired) electrons. The molecule has 0 N–H and O–H groups in total. The standard InChI is InChI=1S/C24H27N3O3S/c1-3-30-20-10-9-19(15-21(20)29-2)16-22-23(28)25-24(31-22)27-13-11-26(12-14-27)17-18-7-5-4-6-8-18/h4-10,15-16H,3,11-14,17H2,1-2H3/b22-16-. The van der Waals surface area contributed by atoms with Gasteiger partial charge in [0.1, 0.15) is 0 Å². The van der Waals surface area contributed by atoms with Crippen molar-refractivity contribution in [1.29, 1.82) is 0 Å². The zero-order valence-corrected chi connectivity index (χ0v) is 18.7. The van der Waals surface area contributed by atoms with Crippen molar-refractivity contribution >= 4 is 28.9 Å². The predicted octanol–water partition coefficient (Wildman–Crippen LogP) is 3.88. The molecule has 2 aromatic carbocycles. The van der Waals surface area contributed by atoms with Gasteiger partial charge in [0, 0.05) is 32.7 Å². The van der Waals surface area contributed by atoms with E-state index in [2.05, 4.69) is 39.1 Å². The van der Waals surface area contributed by atoms with Gasteiger partial charge >= 0.3 is 0 Å². The van der Waals surface area contributed by atoms with Crippen LogP contribution in [0.4, 0.5) is 0 Å². The predicted molar refractivity (Wildman–Crippen MR) is 125 cm³/mol. The molecule has 2 aromatic rings. The highest BCUT2D eigenvalue weighted by Gasteiger charge is 2.28. The van der Waals surface area contributed by atoms with Crippen molar-refractivity contribution in [1.82, 2.24) is 9.80 Å². The van der Waals surface area contributed by atoms with Crippen LogP contribution >= 0.6 is 11.8 Å². The van der Waals surface area contributed by atoms with E-state index >= 15 is 0 Å². The number of amidine groups is 1. The lowest BCUT2D eigenvalue weighted by molar-refractivity contribution is -0.113. The molecule has 2 heterocycles. The molecule has 0 aromatic heterocycles. The maximum atomic E-state index is 12.5. The van der Waals surface area contributed by atoms with Crippen LogP contribution in [0.1, 0.15) is 18.1 Å². The average molecular weight is 438 g/mol. The van der Waals surface area contributed by atoms with Gasteiger partial charge in [0.2, 0.25) is 0 Å². The van der Waals surface area contributed by atoms with E-state index in [9.17, 15) is 4.79 Å². The van der Waals surface area contributed by atoms with Gasteiger partial charge in [0.05, 0.1) is 18.6 Å². The third kappa shape index (κ3) is 5.29. The molecule has 0 spiro atoms. The number of carbonyl (C=O) groups excluding carboxylic acids is 1. The Labute approximate surface area is 187 Å². The van der Waals surface area contributed by atoms with Gasteiger partial charge in [-0.05, 0) is 48.0 Å². The van der Waals surface area contributed by atoms with Crippen LogP contribution in [0.5, 0.6) is 11.5 Å². The van der Waals surface area contributed by atoms with E-state index in [-0.39, 0.29) is 5.91 Å². The minimum absolute atomic E-state index is 0.181. The second-order valence-corrected chi connectivity index (χ2v) is 8.41. The summed E-state index contributed by atoms with van der Waals surface area (Å²) in [6.07, 6.45) is 1.87. The molecule has 1 amide bonds. The van der Waals surface area contributed by atoms with E-state index in [1.165, 1.54) is 17.3 Å². The van der Waals surface area contributed by atoms with Crippen LogP contribution in [-0.2, 0) is 11.3 Å². The second kappa shape index (κ2) is 10.0. The summed E-state index contributed by atoms with van der Waals surface area (Å²) in [6, 6.07) is 16.2. The van der Waals surface area contributed by atoms with Crippen molar-refractivity contribution in [3.05, 3.63) is 64.6 Å². The number of carbonyl (C=O) groups is 1. The maximum Gasteiger partial charge on any atom is 0.286 e. The Balaban J connectivity index is 1.36. The number of methoxy groups -OCH3 is 1. The van der Waals surface area contributed by atoms with Crippen LogP contribution in [0.3, 0.4) is 0 Å². The molecule has 0 bridgehead atoms. The van der Waals surface area contributed by atoms with Crippen molar-refractivity contribution in [2.45, 2.75) is 13.5 Å². The van der Waals surface area contributed by atoms with Gasteiger partial charge < -0.3 is 14.4 Å². The number of aliphatic imine (C=N–C) groups is 1. The number of piperazine rings is 1. The lowest BCUT2D eigenvalue weighted by Crippen LogP contribution is -2.47. The number of hydrogen-bond acceptors (Lipinski definition) is 6. The monoisotopic (exact) mass is 437 g/mol. The fraction of sp³-hybridized carbons (Fsp3) is 0.333. The number of rotatable bonds is 6. The highest BCUT2D eigenvalue weighted by Crippen LogP contribution is 2.33. The van der Waals surface area contributed by atoms with Gasteiger partial charge in [-0.25, -0.2) is 0 Å². The summed E-state index contributed by atoms with van der Waals surface area (Å²) < 4.78 is 11.0. The number of hydrogen-bond donors (Lipinski definition) is 0. The van der Waals surface area contributed by atoms with Crippen molar-refractivity contribution in [2.24, 2.45) is 4.99 Å². The molecule has 7 heteroatoms. The Morgan fingerprint density at radius 1 is 1.06 bits per heavy atom. The van der Waals surface area contributed by atoms with E-state index in [0.29, 0.717) is 23.0 Å². The molecule has 31 heavy (non-hydrogen) atoms. The molecular formula is C24H27N3O3S. The van der Waals surface area contributed by atoms with Crippen molar-refractivity contribution in [3.8, 4) is 11.5 Å². The highest BCUT2D eigenvalue weighted by atomic mass is 32.2. The third-order valence-electron chi connectivity index (χ3n) is 5.29. The first-order valence-electron chi connectivity index (χ1n) is 10.5. The summed E-state index contributed by atoms with van der Waals surface area (Å²) >= 11 is 1.45. The van der Waals surface area contributed by atoms with Crippen LogP contribution in [-0.4, -0.2) is 60.8 Å². The SMILES string of the molecule is CCOc1ccc(/C=C2\SC(N3CCN(Cc4ccccc4)CC3)=NC2=O)cc1OC. The molecule has 1 fully saturated rings. The third-order valence-corrected chi connectivity index (χ3v) is 6.33. The van der Waals surface area contributed by atoms with E-state index < -0.39 is 0 Å². The van der Waals surface area contributed by atoms with Crippen molar-refractivity contribution < 1.29 is 14.3 Å². The first-order valence-corrected chi connectivity index (χ1v) is 11.3. The Bertz CT molecular complexity index is 983. The van der Waals surface area contributed by atoms with Gasteiger partial charge in [-0.1, -0.05) is 36.4 Å². The molecule has 0 atom stereocenters. The summed E-state index contributed by atoms with van der Waals surface area (Å²) in [7, 11) is 1.61. The average Bonchev–Trinajstić information content (AvgIpc) is 3.16. The molecule has 4 rings (SSSR count). The fourth-order valence-corrected chi connectivity index (χ4v) is 4.64. The molecule has 0 aliphatic carbocycles. The molecule has 2 aliphatic rings. The van der Waals surface area contributed by atoms with Gasteiger partial charge in [-0.15, -0.1) is 0 Å². The second-order valence-electron chi connectivity index (χ2n) is 7.40. The molecule has 1 saturated heterocycles. The summed E-state index contributed by atoms with van der Waals surface area (Å²) in [5.74, 6) is 1.17. The van der Waals surface area contributed by atoms with Gasteiger partial charge in [0.15, 0.2) is 16.7 Å². The first kappa shape index (κ1) is 21.5. The molecule has 162 valence electrons. The number of amides is 1. The summed E-state index contributed by atoms with van der Waals surface area (Å²) in [6.45, 7) is 7.12. The van der Waals surface area contributed by atoms with Crippen molar-refractivity contribution in [3.63, 3.8) is 0 Å². The smallest absolute Gasteiger partial charge is 0.286 e.